The highest BCUT2D eigenvalue weighted by Gasteiger charge is 1.81. The molecule has 17 heavy (non-hydrogen) atoms. The van der Waals surface area contributed by atoms with Crippen LogP contribution in [0.25, 0.3) is 0 Å². The van der Waals surface area contributed by atoms with Crippen molar-refractivity contribution in [1.29, 1.82) is 0 Å². The molecule has 0 bridgehead atoms. The number of methoxy groups -OCH3 is 1. The SMILES string of the molecule is C.C.CC.COCCCOO.c1ccccc1. The van der Waals surface area contributed by atoms with E-state index < -0.39 is 0 Å². The smallest absolute Gasteiger partial charge is 0.0841 e. The average Bonchev–Trinajstić information content (AvgIpc) is 2.35. The molecule has 0 saturated carbocycles. The van der Waals surface area contributed by atoms with Gasteiger partial charge in [0.25, 0.3) is 0 Å². The molecule has 0 spiro atoms. The summed E-state index contributed by atoms with van der Waals surface area (Å²) >= 11 is 0. The molecule has 0 aliphatic rings. The van der Waals surface area contributed by atoms with Crippen LogP contribution in [0.4, 0.5) is 0 Å². The van der Waals surface area contributed by atoms with Crippen molar-refractivity contribution in [3.63, 3.8) is 0 Å². The monoisotopic (exact) mass is 246 g/mol. The van der Waals surface area contributed by atoms with Crippen LogP contribution in [-0.2, 0) is 9.62 Å². The largest absolute Gasteiger partial charge is 0.385 e. The van der Waals surface area contributed by atoms with Gasteiger partial charge in [0.1, 0.15) is 0 Å². The fourth-order valence-corrected chi connectivity index (χ4v) is 0.653. The van der Waals surface area contributed by atoms with Crippen LogP contribution in [0, 0.1) is 0 Å². The van der Waals surface area contributed by atoms with Crippen LogP contribution in [0.5, 0.6) is 0 Å². The highest BCUT2D eigenvalue weighted by atomic mass is 17.1. The van der Waals surface area contributed by atoms with Crippen LogP contribution in [0.2, 0.25) is 0 Å². The summed E-state index contributed by atoms with van der Waals surface area (Å²) in [5.41, 5.74) is 0. The van der Waals surface area contributed by atoms with Gasteiger partial charge < -0.3 is 4.74 Å². The molecule has 0 amide bonds. The molecule has 1 N–H and O–H groups in total. The first kappa shape index (κ1) is 25.1. The van der Waals surface area contributed by atoms with Crippen molar-refractivity contribution in [3.8, 4) is 0 Å². The second-order valence-electron chi connectivity index (χ2n) is 2.33. The molecular weight excluding hydrogens is 216 g/mol. The van der Waals surface area contributed by atoms with Crippen molar-refractivity contribution in [1.82, 2.24) is 0 Å². The number of hydrogen-bond acceptors (Lipinski definition) is 3. The third kappa shape index (κ3) is 31.3. The van der Waals surface area contributed by atoms with Gasteiger partial charge in [0.2, 0.25) is 0 Å². The third-order valence-corrected chi connectivity index (χ3v) is 1.25. The summed E-state index contributed by atoms with van der Waals surface area (Å²) in [5.74, 6) is 0. The van der Waals surface area contributed by atoms with Crippen molar-refractivity contribution >= 4 is 0 Å². The van der Waals surface area contributed by atoms with Crippen molar-refractivity contribution in [3.05, 3.63) is 36.4 Å². The Labute approximate surface area is 107 Å². The quantitative estimate of drug-likeness (QED) is 0.483. The maximum atomic E-state index is 7.74. The number of ether oxygens (including phenoxy) is 1. The summed E-state index contributed by atoms with van der Waals surface area (Å²) in [4.78, 5) is 3.76. The van der Waals surface area contributed by atoms with Gasteiger partial charge in [-0.05, 0) is 6.42 Å². The molecule has 1 aromatic carbocycles. The minimum Gasteiger partial charge on any atom is -0.385 e. The molecule has 3 nitrogen and oxygen atoms in total. The zero-order chi connectivity index (χ0) is 11.8. The van der Waals surface area contributed by atoms with Gasteiger partial charge in [0, 0.05) is 13.7 Å². The zero-order valence-electron chi connectivity index (χ0n) is 9.85. The molecule has 0 heterocycles. The molecule has 1 rings (SSSR count). The standard InChI is InChI=1S/C6H6.C4H10O3.C2H6.2CH4/c1-2-4-6-5-3-1;1-6-3-2-4-7-5;1-2;;/h1-6H;5H,2-4H2,1H3;1-2H3;2*1H4. The van der Waals surface area contributed by atoms with E-state index >= 15 is 0 Å². The highest BCUT2D eigenvalue weighted by Crippen LogP contribution is 1.80. The van der Waals surface area contributed by atoms with Crippen LogP contribution in [0.1, 0.15) is 35.1 Å². The van der Waals surface area contributed by atoms with Crippen molar-refractivity contribution in [2.24, 2.45) is 0 Å². The molecule has 0 aliphatic carbocycles. The zero-order valence-corrected chi connectivity index (χ0v) is 9.85. The summed E-state index contributed by atoms with van der Waals surface area (Å²) < 4.78 is 4.65. The van der Waals surface area contributed by atoms with Gasteiger partial charge in [-0.2, -0.15) is 0 Å². The fraction of sp³-hybridized carbons (Fsp3) is 0.571. The van der Waals surface area contributed by atoms with Crippen molar-refractivity contribution < 1.29 is 14.9 Å². The molecule has 0 saturated heterocycles. The maximum absolute atomic E-state index is 7.74. The molecule has 0 fully saturated rings. The van der Waals surface area contributed by atoms with E-state index in [4.69, 9.17) is 5.26 Å². The highest BCUT2D eigenvalue weighted by molar-refractivity contribution is 4.99. The minimum atomic E-state index is 0. The maximum Gasteiger partial charge on any atom is 0.0841 e. The number of benzene rings is 1. The Morgan fingerprint density at radius 1 is 0.824 bits per heavy atom. The topological polar surface area (TPSA) is 38.7 Å². The summed E-state index contributed by atoms with van der Waals surface area (Å²) in [6.45, 7) is 4.99. The van der Waals surface area contributed by atoms with Gasteiger partial charge >= 0.3 is 0 Å². The molecule has 104 valence electrons. The molecular formula is C14H30O3. The first-order valence-corrected chi connectivity index (χ1v) is 5.17. The van der Waals surface area contributed by atoms with Crippen LogP contribution in [-0.4, -0.2) is 25.6 Å². The van der Waals surface area contributed by atoms with E-state index in [2.05, 4.69) is 9.62 Å². The summed E-state index contributed by atoms with van der Waals surface area (Å²) in [6.07, 6.45) is 0.743. The van der Waals surface area contributed by atoms with Gasteiger partial charge in [0.15, 0.2) is 0 Å². The second kappa shape index (κ2) is 29.4. The molecule has 0 unspecified atom stereocenters. The predicted molar refractivity (Wildman–Crippen MR) is 76.3 cm³/mol. The van der Waals surface area contributed by atoms with Gasteiger partial charge in [-0.3, -0.25) is 5.26 Å². The number of rotatable bonds is 4. The molecule has 0 aliphatic heterocycles. The van der Waals surface area contributed by atoms with Crippen LogP contribution in [0.3, 0.4) is 0 Å². The van der Waals surface area contributed by atoms with Gasteiger partial charge in [-0.1, -0.05) is 65.1 Å². The first-order chi connectivity index (χ1) is 7.41. The number of hydrogen-bond donors (Lipinski definition) is 1. The van der Waals surface area contributed by atoms with E-state index in [1.807, 2.05) is 50.2 Å². The molecule has 3 heteroatoms. The van der Waals surface area contributed by atoms with Crippen molar-refractivity contribution in [2.45, 2.75) is 35.1 Å². The van der Waals surface area contributed by atoms with E-state index in [0.29, 0.717) is 13.2 Å². The van der Waals surface area contributed by atoms with E-state index in [0.717, 1.165) is 6.42 Å². The first-order valence-electron chi connectivity index (χ1n) is 5.17. The lowest BCUT2D eigenvalue weighted by Crippen LogP contribution is -1.94. The lowest BCUT2D eigenvalue weighted by Gasteiger charge is -1.92. The van der Waals surface area contributed by atoms with Gasteiger partial charge in [0.05, 0.1) is 6.61 Å². The third-order valence-electron chi connectivity index (χ3n) is 1.25. The Morgan fingerprint density at radius 2 is 1.18 bits per heavy atom. The summed E-state index contributed by atoms with van der Waals surface area (Å²) in [7, 11) is 1.61. The summed E-state index contributed by atoms with van der Waals surface area (Å²) in [6, 6.07) is 12.0. The minimum absolute atomic E-state index is 0. The summed E-state index contributed by atoms with van der Waals surface area (Å²) in [5, 5.41) is 7.74. The Balaban J connectivity index is -0.0000000788. The fourth-order valence-electron chi connectivity index (χ4n) is 0.653. The Bertz CT molecular complexity index is 136. The van der Waals surface area contributed by atoms with E-state index in [1.54, 1.807) is 7.11 Å². The molecule has 1 aromatic rings. The Morgan fingerprint density at radius 3 is 1.41 bits per heavy atom. The van der Waals surface area contributed by atoms with E-state index in [1.165, 1.54) is 0 Å². The average molecular weight is 246 g/mol. The van der Waals surface area contributed by atoms with Gasteiger partial charge in [-0.15, -0.1) is 0 Å². The van der Waals surface area contributed by atoms with Crippen LogP contribution >= 0.6 is 0 Å². The molecule has 0 radical (unpaired) electrons. The van der Waals surface area contributed by atoms with Crippen LogP contribution < -0.4 is 0 Å². The predicted octanol–water partition coefficient (Wildman–Crippen LogP) is 4.50. The molecule has 0 aromatic heterocycles. The van der Waals surface area contributed by atoms with Crippen LogP contribution in [0.15, 0.2) is 36.4 Å². The van der Waals surface area contributed by atoms with Gasteiger partial charge in [-0.25, -0.2) is 4.89 Å². The normalized spacial score (nSPS) is 7.06. The van der Waals surface area contributed by atoms with Crippen molar-refractivity contribution in [2.75, 3.05) is 20.3 Å². The lowest BCUT2D eigenvalue weighted by atomic mass is 10.4. The van der Waals surface area contributed by atoms with E-state index in [9.17, 15) is 0 Å². The second-order valence-corrected chi connectivity index (χ2v) is 2.33. The molecule has 0 atom stereocenters. The Kier molecular flexibility index (Phi) is 43.4. The lowest BCUT2D eigenvalue weighted by molar-refractivity contribution is -0.243. The Hall–Kier alpha value is -0.900. The van der Waals surface area contributed by atoms with E-state index in [-0.39, 0.29) is 14.9 Å².